The molecule has 2 unspecified atom stereocenters. The lowest BCUT2D eigenvalue weighted by Gasteiger charge is -2.36. The zero-order valence-electron chi connectivity index (χ0n) is 14.5. The van der Waals surface area contributed by atoms with E-state index in [9.17, 15) is 0 Å². The minimum Gasteiger partial charge on any atom is -0.493 e. The number of ether oxygens (including phenoxy) is 2. The van der Waals surface area contributed by atoms with Gasteiger partial charge in [-0.05, 0) is 25.8 Å². The van der Waals surface area contributed by atoms with Gasteiger partial charge in [0.2, 0.25) is 0 Å². The molecule has 2 aliphatic rings. The molecule has 0 amide bonds. The van der Waals surface area contributed by atoms with Crippen LogP contribution in [0.4, 0.5) is 0 Å². The van der Waals surface area contributed by atoms with E-state index < -0.39 is 0 Å². The summed E-state index contributed by atoms with van der Waals surface area (Å²) in [7, 11) is 3.39. The molecule has 4 rings (SSSR count). The normalized spacial score (nSPS) is 22.3. The molecule has 126 valence electrons. The van der Waals surface area contributed by atoms with Gasteiger partial charge in [0.05, 0.1) is 19.9 Å². The molecule has 1 fully saturated rings. The molecule has 0 spiro atoms. The van der Waals surface area contributed by atoms with Crippen LogP contribution in [-0.2, 0) is 13.0 Å². The van der Waals surface area contributed by atoms with E-state index in [1.165, 1.54) is 29.7 Å². The van der Waals surface area contributed by atoms with Crippen molar-refractivity contribution < 1.29 is 9.47 Å². The number of aromatic nitrogens is 2. The van der Waals surface area contributed by atoms with Gasteiger partial charge in [-0.15, -0.1) is 0 Å². The highest BCUT2D eigenvalue weighted by Gasteiger charge is 2.41. The van der Waals surface area contributed by atoms with Crippen LogP contribution >= 0.6 is 0 Å². The summed E-state index contributed by atoms with van der Waals surface area (Å²) in [5.41, 5.74) is 3.71. The number of fused-ring (bicyclic) bond motifs is 4. The van der Waals surface area contributed by atoms with Gasteiger partial charge in [-0.1, -0.05) is 12.1 Å². The summed E-state index contributed by atoms with van der Waals surface area (Å²) in [5, 5.41) is 0. The van der Waals surface area contributed by atoms with Crippen molar-refractivity contribution in [2.24, 2.45) is 0 Å². The Morgan fingerprint density at radius 1 is 1.21 bits per heavy atom. The van der Waals surface area contributed by atoms with Crippen molar-refractivity contribution in [2.45, 2.75) is 44.8 Å². The van der Waals surface area contributed by atoms with Crippen LogP contribution in [-0.4, -0.2) is 35.1 Å². The first-order chi connectivity index (χ1) is 11.7. The summed E-state index contributed by atoms with van der Waals surface area (Å²) < 4.78 is 11.0. The van der Waals surface area contributed by atoms with Crippen LogP contribution in [0.5, 0.6) is 11.5 Å². The summed E-state index contributed by atoms with van der Waals surface area (Å²) in [6, 6.07) is 7.06. The van der Waals surface area contributed by atoms with Crippen molar-refractivity contribution in [2.75, 3.05) is 14.2 Å². The number of aryl methyl sites for hydroxylation is 1. The zero-order valence-corrected chi connectivity index (χ0v) is 14.5. The number of hydrogen-bond donors (Lipinski definition) is 0. The van der Waals surface area contributed by atoms with Gasteiger partial charge in [0, 0.05) is 42.4 Å². The highest BCUT2D eigenvalue weighted by Crippen LogP contribution is 2.44. The number of hydrogen-bond acceptors (Lipinski definition) is 5. The Kier molecular flexibility index (Phi) is 3.88. The molecule has 1 saturated heterocycles. The van der Waals surface area contributed by atoms with Crippen molar-refractivity contribution in [1.29, 1.82) is 0 Å². The molecular formula is C19H23N3O2. The number of para-hydroxylation sites is 1. The Morgan fingerprint density at radius 2 is 2.08 bits per heavy atom. The quantitative estimate of drug-likeness (QED) is 0.864. The Hall–Kier alpha value is -2.14. The van der Waals surface area contributed by atoms with Crippen molar-refractivity contribution >= 4 is 0 Å². The molecule has 5 heteroatoms. The van der Waals surface area contributed by atoms with Crippen LogP contribution < -0.4 is 9.47 Å². The van der Waals surface area contributed by atoms with E-state index in [0.717, 1.165) is 30.3 Å². The van der Waals surface area contributed by atoms with Crippen molar-refractivity contribution in [1.82, 2.24) is 14.9 Å². The van der Waals surface area contributed by atoms with E-state index in [-0.39, 0.29) is 0 Å². The van der Waals surface area contributed by atoms with Crippen molar-refractivity contribution in [3.05, 3.63) is 47.0 Å². The van der Waals surface area contributed by atoms with Gasteiger partial charge in [0.1, 0.15) is 5.82 Å². The topological polar surface area (TPSA) is 47.5 Å². The van der Waals surface area contributed by atoms with E-state index in [2.05, 4.69) is 20.9 Å². The average Bonchev–Trinajstić information content (AvgIpc) is 2.87. The number of methoxy groups -OCH3 is 2. The number of nitrogens with zero attached hydrogens (tertiary/aromatic N) is 3. The minimum atomic E-state index is 0.412. The van der Waals surface area contributed by atoms with Gasteiger partial charge in [-0.2, -0.15) is 0 Å². The molecule has 2 aromatic rings. The summed E-state index contributed by atoms with van der Waals surface area (Å²) >= 11 is 0. The van der Waals surface area contributed by atoms with Gasteiger partial charge in [0.25, 0.3) is 0 Å². The largest absolute Gasteiger partial charge is 0.493 e. The monoisotopic (exact) mass is 325 g/mol. The maximum Gasteiger partial charge on any atom is 0.165 e. The third-order valence-electron chi connectivity index (χ3n) is 5.29. The van der Waals surface area contributed by atoms with E-state index in [0.29, 0.717) is 12.1 Å². The highest BCUT2D eigenvalue weighted by molar-refractivity contribution is 5.46. The van der Waals surface area contributed by atoms with E-state index >= 15 is 0 Å². The molecule has 0 radical (unpaired) electrons. The van der Waals surface area contributed by atoms with Crippen molar-refractivity contribution in [3.63, 3.8) is 0 Å². The molecule has 0 saturated carbocycles. The van der Waals surface area contributed by atoms with Crippen LogP contribution in [0.25, 0.3) is 0 Å². The summed E-state index contributed by atoms with van der Waals surface area (Å²) in [6.45, 7) is 2.83. The molecule has 0 aliphatic carbocycles. The van der Waals surface area contributed by atoms with Gasteiger partial charge in [0.15, 0.2) is 11.5 Å². The lowest BCUT2D eigenvalue weighted by atomic mass is 9.98. The number of rotatable bonds is 4. The van der Waals surface area contributed by atoms with Crippen LogP contribution in [0.3, 0.4) is 0 Å². The summed E-state index contributed by atoms with van der Waals surface area (Å²) in [6.07, 6.45) is 5.43. The van der Waals surface area contributed by atoms with Gasteiger partial charge in [-0.25, -0.2) is 9.97 Å². The number of benzene rings is 1. The lowest BCUT2D eigenvalue weighted by molar-refractivity contribution is 0.163. The highest BCUT2D eigenvalue weighted by atomic mass is 16.5. The second-order valence-electron chi connectivity index (χ2n) is 6.60. The molecule has 2 aliphatic heterocycles. The maximum absolute atomic E-state index is 5.61. The van der Waals surface area contributed by atoms with Crippen molar-refractivity contribution in [3.8, 4) is 11.5 Å². The van der Waals surface area contributed by atoms with Gasteiger partial charge < -0.3 is 9.47 Å². The van der Waals surface area contributed by atoms with Crippen LogP contribution in [0.15, 0.2) is 24.4 Å². The SMILES string of the molecule is COc1cccc(CN2C3CCC2c2cnc(C)nc2C3)c1OC. The third kappa shape index (κ3) is 2.44. The predicted molar refractivity (Wildman–Crippen MR) is 91.3 cm³/mol. The van der Waals surface area contributed by atoms with Crippen LogP contribution in [0, 0.1) is 6.92 Å². The first-order valence-electron chi connectivity index (χ1n) is 8.49. The summed E-state index contributed by atoms with van der Waals surface area (Å²) in [4.78, 5) is 11.7. The molecule has 3 heterocycles. The lowest BCUT2D eigenvalue weighted by Crippen LogP contribution is -2.37. The van der Waals surface area contributed by atoms with Crippen LogP contribution in [0.2, 0.25) is 0 Å². The Labute approximate surface area is 142 Å². The predicted octanol–water partition coefficient (Wildman–Crippen LogP) is 3.06. The molecule has 2 bridgehead atoms. The fourth-order valence-electron chi connectivity index (χ4n) is 4.20. The molecule has 5 nitrogen and oxygen atoms in total. The first kappa shape index (κ1) is 15.4. The smallest absolute Gasteiger partial charge is 0.165 e. The van der Waals surface area contributed by atoms with Crippen LogP contribution in [0.1, 0.15) is 41.5 Å². The standard InChI is InChI=1S/C19H23N3O2/c1-12-20-10-15-16(21-12)9-14-7-8-17(15)22(14)11-13-5-4-6-18(23-2)19(13)24-3/h4-6,10,14,17H,7-9,11H2,1-3H3. The molecule has 0 N–H and O–H groups in total. The minimum absolute atomic E-state index is 0.412. The third-order valence-corrected chi connectivity index (χ3v) is 5.29. The van der Waals surface area contributed by atoms with Gasteiger partial charge in [-0.3, -0.25) is 4.90 Å². The second kappa shape index (κ2) is 6.06. The van der Waals surface area contributed by atoms with Gasteiger partial charge >= 0.3 is 0 Å². The molecular weight excluding hydrogens is 302 g/mol. The van der Waals surface area contributed by atoms with E-state index in [1.54, 1.807) is 14.2 Å². The first-order valence-corrected chi connectivity index (χ1v) is 8.49. The Bertz CT molecular complexity index is 762. The second-order valence-corrected chi connectivity index (χ2v) is 6.60. The molecule has 2 atom stereocenters. The molecule has 1 aromatic carbocycles. The average molecular weight is 325 g/mol. The van der Waals surface area contributed by atoms with E-state index in [4.69, 9.17) is 9.47 Å². The Morgan fingerprint density at radius 3 is 2.88 bits per heavy atom. The Balaban J connectivity index is 1.66. The molecule has 24 heavy (non-hydrogen) atoms. The fraction of sp³-hybridized carbons (Fsp3) is 0.474. The maximum atomic E-state index is 5.61. The van der Waals surface area contributed by atoms with E-state index in [1.807, 2.05) is 25.3 Å². The zero-order chi connectivity index (χ0) is 16.7. The summed E-state index contributed by atoms with van der Waals surface area (Å²) in [5.74, 6) is 2.50. The fourth-order valence-corrected chi connectivity index (χ4v) is 4.20. The molecule has 1 aromatic heterocycles.